The normalized spacial score (nSPS) is 13.1. The minimum atomic E-state index is -0.652. The maximum Gasteiger partial charge on any atom is 0.233 e. The van der Waals surface area contributed by atoms with Gasteiger partial charge in [0.1, 0.15) is 0 Å². The van der Waals surface area contributed by atoms with Gasteiger partial charge in [0, 0.05) is 6.04 Å². The zero-order valence-electron chi connectivity index (χ0n) is 12.2. The topological polar surface area (TPSA) is 55.1 Å². The van der Waals surface area contributed by atoms with E-state index in [1.54, 1.807) is 0 Å². The van der Waals surface area contributed by atoms with Crippen molar-refractivity contribution in [2.75, 3.05) is 0 Å². The molecule has 0 aromatic heterocycles. The smallest absolute Gasteiger partial charge is 0.233 e. The second kappa shape index (κ2) is 8.46. The first-order valence-electron chi connectivity index (χ1n) is 7.05. The lowest BCUT2D eigenvalue weighted by Crippen LogP contribution is -2.51. The van der Waals surface area contributed by atoms with Gasteiger partial charge in [-0.15, -0.1) is 0 Å². The summed E-state index contributed by atoms with van der Waals surface area (Å²) in [4.78, 5) is 12.8. The van der Waals surface area contributed by atoms with E-state index in [2.05, 4.69) is 26.1 Å². The van der Waals surface area contributed by atoms with Crippen molar-refractivity contribution >= 4 is 23.1 Å². The zero-order valence-corrected chi connectivity index (χ0v) is 13.0. The van der Waals surface area contributed by atoms with Crippen LogP contribution in [0.15, 0.2) is 0 Å². The highest BCUT2D eigenvalue weighted by molar-refractivity contribution is 7.80. The number of thiocarbonyl (C=S) groups is 1. The van der Waals surface area contributed by atoms with E-state index in [0.29, 0.717) is 4.99 Å². The SMILES string of the molecule is CCCC(C)NC(=O)C(CCC)(CCC)C(N)=S. The van der Waals surface area contributed by atoms with Gasteiger partial charge >= 0.3 is 0 Å². The minimum Gasteiger partial charge on any atom is -0.392 e. The highest BCUT2D eigenvalue weighted by atomic mass is 32.1. The summed E-state index contributed by atoms with van der Waals surface area (Å²) in [5.41, 5.74) is 5.21. The number of carbonyl (C=O) groups excluding carboxylic acids is 1. The van der Waals surface area contributed by atoms with E-state index in [4.69, 9.17) is 18.0 Å². The molecule has 0 radical (unpaired) electrons. The number of hydrogen-bond donors (Lipinski definition) is 2. The predicted molar refractivity (Wildman–Crippen MR) is 81.5 cm³/mol. The van der Waals surface area contributed by atoms with Crippen LogP contribution in [-0.4, -0.2) is 16.9 Å². The number of nitrogens with two attached hydrogens (primary N) is 1. The predicted octanol–water partition coefficient (Wildman–Crippen LogP) is 3.16. The lowest BCUT2D eigenvalue weighted by Gasteiger charge is -2.32. The van der Waals surface area contributed by atoms with Gasteiger partial charge in [-0.1, -0.05) is 52.3 Å². The first-order chi connectivity index (χ1) is 8.44. The second-order valence-corrected chi connectivity index (χ2v) is 5.55. The van der Waals surface area contributed by atoms with Crippen molar-refractivity contribution in [2.24, 2.45) is 11.1 Å². The summed E-state index contributed by atoms with van der Waals surface area (Å²) in [5, 5.41) is 3.07. The Labute approximate surface area is 117 Å². The first-order valence-corrected chi connectivity index (χ1v) is 7.46. The fourth-order valence-corrected chi connectivity index (χ4v) is 2.73. The van der Waals surface area contributed by atoms with Gasteiger partial charge in [0.2, 0.25) is 5.91 Å². The molecule has 0 aromatic carbocycles. The highest BCUT2D eigenvalue weighted by Gasteiger charge is 2.40. The summed E-state index contributed by atoms with van der Waals surface area (Å²) in [7, 11) is 0. The van der Waals surface area contributed by atoms with Crippen LogP contribution < -0.4 is 11.1 Å². The summed E-state index contributed by atoms with van der Waals surface area (Å²) in [6, 6.07) is 0.185. The number of hydrogen-bond acceptors (Lipinski definition) is 2. The van der Waals surface area contributed by atoms with Crippen LogP contribution in [0.25, 0.3) is 0 Å². The van der Waals surface area contributed by atoms with Crippen molar-refractivity contribution < 1.29 is 4.79 Å². The van der Waals surface area contributed by atoms with Gasteiger partial charge in [0.25, 0.3) is 0 Å². The highest BCUT2D eigenvalue weighted by Crippen LogP contribution is 2.31. The number of rotatable bonds is 9. The molecule has 3 N–H and O–H groups in total. The molecular weight excluding hydrogens is 244 g/mol. The Morgan fingerprint density at radius 2 is 1.72 bits per heavy atom. The molecule has 4 heteroatoms. The van der Waals surface area contributed by atoms with Crippen LogP contribution in [-0.2, 0) is 4.79 Å². The van der Waals surface area contributed by atoms with Gasteiger partial charge in [-0.05, 0) is 26.2 Å². The molecule has 106 valence electrons. The van der Waals surface area contributed by atoms with Gasteiger partial charge in [-0.2, -0.15) is 0 Å². The summed E-state index contributed by atoms with van der Waals surface area (Å²) in [6.45, 7) is 8.27. The van der Waals surface area contributed by atoms with E-state index in [0.717, 1.165) is 38.5 Å². The molecule has 0 heterocycles. The van der Waals surface area contributed by atoms with E-state index in [1.165, 1.54) is 0 Å². The Morgan fingerprint density at radius 1 is 1.22 bits per heavy atom. The zero-order chi connectivity index (χ0) is 14.2. The molecule has 0 saturated heterocycles. The Bertz CT molecular complexity index is 273. The fraction of sp³-hybridized carbons (Fsp3) is 0.857. The van der Waals surface area contributed by atoms with E-state index >= 15 is 0 Å². The van der Waals surface area contributed by atoms with Gasteiger partial charge in [-0.25, -0.2) is 0 Å². The van der Waals surface area contributed by atoms with Crippen LogP contribution in [0.5, 0.6) is 0 Å². The fourth-order valence-electron chi connectivity index (χ4n) is 2.43. The molecule has 0 bridgehead atoms. The van der Waals surface area contributed by atoms with E-state index in [9.17, 15) is 4.79 Å². The molecule has 0 saturated carbocycles. The van der Waals surface area contributed by atoms with E-state index in [-0.39, 0.29) is 11.9 Å². The van der Waals surface area contributed by atoms with Crippen molar-refractivity contribution in [3.8, 4) is 0 Å². The minimum absolute atomic E-state index is 0.0136. The molecule has 0 aliphatic heterocycles. The van der Waals surface area contributed by atoms with Crippen molar-refractivity contribution in [3.05, 3.63) is 0 Å². The third-order valence-corrected chi connectivity index (χ3v) is 3.75. The molecule has 1 amide bonds. The third-order valence-electron chi connectivity index (χ3n) is 3.36. The number of carbonyl (C=O) groups is 1. The quantitative estimate of drug-likeness (QED) is 0.634. The maximum atomic E-state index is 12.5. The molecule has 0 aromatic rings. The Morgan fingerprint density at radius 3 is 2.06 bits per heavy atom. The van der Waals surface area contributed by atoms with Crippen molar-refractivity contribution in [3.63, 3.8) is 0 Å². The van der Waals surface area contributed by atoms with Crippen LogP contribution in [0.3, 0.4) is 0 Å². The van der Waals surface area contributed by atoms with Gasteiger partial charge in [-0.3, -0.25) is 4.79 Å². The van der Waals surface area contributed by atoms with E-state index < -0.39 is 5.41 Å². The van der Waals surface area contributed by atoms with Crippen LogP contribution >= 0.6 is 12.2 Å². The molecule has 1 atom stereocenters. The first kappa shape index (κ1) is 17.4. The van der Waals surface area contributed by atoms with Crippen molar-refractivity contribution in [1.29, 1.82) is 0 Å². The van der Waals surface area contributed by atoms with Crippen molar-refractivity contribution in [2.45, 2.75) is 72.3 Å². The Balaban J connectivity index is 4.93. The molecule has 18 heavy (non-hydrogen) atoms. The standard InChI is InChI=1S/C14H28N2OS/c1-5-8-11(4)16-13(17)14(9-6-2,10-7-3)12(15)18/h11H,5-10H2,1-4H3,(H2,15,18)(H,16,17). The number of amides is 1. The van der Waals surface area contributed by atoms with Crippen LogP contribution in [0.1, 0.15) is 66.2 Å². The largest absolute Gasteiger partial charge is 0.392 e. The number of nitrogens with one attached hydrogen (secondary N) is 1. The van der Waals surface area contributed by atoms with E-state index in [1.807, 2.05) is 6.92 Å². The molecular formula is C14H28N2OS. The summed E-state index contributed by atoms with van der Waals surface area (Å²) < 4.78 is 0. The molecule has 0 rings (SSSR count). The molecule has 0 aliphatic carbocycles. The summed E-state index contributed by atoms with van der Waals surface area (Å²) in [6.07, 6.45) is 5.34. The van der Waals surface area contributed by atoms with Crippen LogP contribution in [0.2, 0.25) is 0 Å². The molecule has 3 nitrogen and oxygen atoms in total. The van der Waals surface area contributed by atoms with Gasteiger partial charge in [0.05, 0.1) is 10.4 Å². The average molecular weight is 272 g/mol. The van der Waals surface area contributed by atoms with Crippen LogP contribution in [0, 0.1) is 5.41 Å². The Kier molecular flexibility index (Phi) is 8.16. The van der Waals surface area contributed by atoms with Gasteiger partial charge in [0.15, 0.2) is 0 Å². The summed E-state index contributed by atoms with van der Waals surface area (Å²) in [5.74, 6) is 0.0136. The lowest BCUT2D eigenvalue weighted by atomic mass is 9.78. The maximum absolute atomic E-state index is 12.5. The monoisotopic (exact) mass is 272 g/mol. The third kappa shape index (κ3) is 4.56. The van der Waals surface area contributed by atoms with Crippen LogP contribution in [0.4, 0.5) is 0 Å². The summed E-state index contributed by atoms with van der Waals surface area (Å²) >= 11 is 5.17. The van der Waals surface area contributed by atoms with Gasteiger partial charge < -0.3 is 11.1 Å². The lowest BCUT2D eigenvalue weighted by molar-refractivity contribution is -0.128. The average Bonchev–Trinajstić information content (AvgIpc) is 2.28. The molecule has 0 fully saturated rings. The second-order valence-electron chi connectivity index (χ2n) is 5.11. The Hall–Kier alpha value is -0.640. The molecule has 0 spiro atoms. The van der Waals surface area contributed by atoms with Crippen molar-refractivity contribution in [1.82, 2.24) is 5.32 Å². The molecule has 0 aliphatic rings. The molecule has 1 unspecified atom stereocenters.